The van der Waals surface area contributed by atoms with Gasteiger partial charge >= 0.3 is 6.18 Å². The van der Waals surface area contributed by atoms with Crippen LogP contribution in [0.15, 0.2) is 34.2 Å². The van der Waals surface area contributed by atoms with Gasteiger partial charge in [0.2, 0.25) is 5.91 Å². The molecule has 5 nitrogen and oxygen atoms in total. The summed E-state index contributed by atoms with van der Waals surface area (Å²) in [5.41, 5.74) is 0.407. The summed E-state index contributed by atoms with van der Waals surface area (Å²) >= 11 is 1.32. The summed E-state index contributed by atoms with van der Waals surface area (Å²) in [5, 5.41) is 0.510. The molecule has 0 aliphatic carbocycles. The molecule has 0 saturated heterocycles. The molecular weight excluding hydrogens is 403 g/mol. The number of amides is 1. The van der Waals surface area contributed by atoms with Crippen LogP contribution >= 0.6 is 11.8 Å². The van der Waals surface area contributed by atoms with Gasteiger partial charge in [-0.3, -0.25) is 9.59 Å². The lowest BCUT2D eigenvalue weighted by molar-refractivity contribution is -0.137. The number of rotatable bonds is 7. The van der Waals surface area contributed by atoms with E-state index in [4.69, 9.17) is 0 Å². The van der Waals surface area contributed by atoms with E-state index in [-0.39, 0.29) is 24.3 Å². The average Bonchev–Trinajstić information content (AvgIpc) is 2.67. The number of hydrogen-bond acceptors (Lipinski definition) is 4. The first-order chi connectivity index (χ1) is 13.6. The summed E-state index contributed by atoms with van der Waals surface area (Å²) in [6, 6.07) is 4.48. The normalized spacial score (nSPS) is 12.7. The number of carbonyl (C=O) groups excluding carboxylic acids is 1. The van der Waals surface area contributed by atoms with Crippen molar-refractivity contribution in [1.82, 2.24) is 14.9 Å². The van der Waals surface area contributed by atoms with Crippen LogP contribution in [0.5, 0.6) is 0 Å². The van der Waals surface area contributed by atoms with Gasteiger partial charge in [0.05, 0.1) is 11.6 Å². The minimum absolute atomic E-state index is 0.0708. The largest absolute Gasteiger partial charge is 0.416 e. The molecule has 0 aliphatic heterocycles. The van der Waals surface area contributed by atoms with Crippen molar-refractivity contribution in [2.45, 2.75) is 51.0 Å². The maximum Gasteiger partial charge on any atom is 0.416 e. The van der Waals surface area contributed by atoms with Crippen LogP contribution in [-0.4, -0.2) is 33.6 Å². The van der Waals surface area contributed by atoms with E-state index in [1.165, 1.54) is 22.7 Å². The first kappa shape index (κ1) is 23.0. The molecule has 1 unspecified atom stereocenters. The lowest BCUT2D eigenvalue weighted by Crippen LogP contribution is -2.34. The van der Waals surface area contributed by atoms with Crippen LogP contribution in [0, 0.1) is 6.92 Å². The third-order valence-corrected chi connectivity index (χ3v) is 5.39. The summed E-state index contributed by atoms with van der Waals surface area (Å²) in [7, 11) is 0. The van der Waals surface area contributed by atoms with Gasteiger partial charge in [-0.2, -0.15) is 13.2 Å². The number of H-pyrrole nitrogens is 1. The van der Waals surface area contributed by atoms with Crippen LogP contribution < -0.4 is 5.56 Å². The van der Waals surface area contributed by atoms with E-state index in [1.54, 1.807) is 33.1 Å². The molecule has 1 atom stereocenters. The first-order valence-electron chi connectivity index (χ1n) is 9.18. The SMILES string of the molecule is CCN(C(=O)CCc1c(C)nc(SC)[nH]c1=O)C(C)c1cccc(C(F)(F)F)c1. The molecule has 1 aromatic heterocycles. The zero-order valence-corrected chi connectivity index (χ0v) is 17.6. The highest BCUT2D eigenvalue weighted by molar-refractivity contribution is 7.98. The van der Waals surface area contributed by atoms with Crippen molar-refractivity contribution in [3.63, 3.8) is 0 Å². The minimum Gasteiger partial charge on any atom is -0.336 e. The van der Waals surface area contributed by atoms with E-state index < -0.39 is 17.8 Å². The Labute approximate surface area is 171 Å². The zero-order valence-electron chi connectivity index (χ0n) is 16.8. The number of nitrogens with one attached hydrogen (secondary N) is 1. The standard InChI is InChI=1S/C20H24F3N3O2S/c1-5-26(13(3)14-7-6-8-15(11-14)20(21,22)23)17(27)10-9-16-12(2)24-19(29-4)25-18(16)28/h6-8,11,13H,5,9-10H2,1-4H3,(H,24,25,28). The second-order valence-electron chi connectivity index (χ2n) is 6.62. The van der Waals surface area contributed by atoms with Crippen molar-refractivity contribution in [3.8, 4) is 0 Å². The highest BCUT2D eigenvalue weighted by Gasteiger charge is 2.31. The van der Waals surface area contributed by atoms with Gasteiger partial charge in [-0.15, -0.1) is 0 Å². The Morgan fingerprint density at radius 2 is 2.03 bits per heavy atom. The second kappa shape index (κ2) is 9.47. The number of aromatic nitrogens is 2. The highest BCUT2D eigenvalue weighted by atomic mass is 32.2. The molecule has 29 heavy (non-hydrogen) atoms. The van der Waals surface area contributed by atoms with E-state index in [0.717, 1.165) is 12.1 Å². The van der Waals surface area contributed by atoms with Crippen molar-refractivity contribution in [1.29, 1.82) is 0 Å². The molecule has 0 bridgehead atoms. The lowest BCUT2D eigenvalue weighted by atomic mass is 10.0. The predicted octanol–water partition coefficient (Wildman–Crippen LogP) is 4.36. The molecule has 0 spiro atoms. The van der Waals surface area contributed by atoms with Gasteiger partial charge in [-0.25, -0.2) is 4.98 Å². The summed E-state index contributed by atoms with van der Waals surface area (Å²) in [6.45, 7) is 5.53. The van der Waals surface area contributed by atoms with Gasteiger partial charge in [0.25, 0.3) is 5.56 Å². The number of carbonyl (C=O) groups is 1. The molecule has 2 rings (SSSR count). The molecular formula is C20H24F3N3O2S. The molecule has 1 aromatic carbocycles. The molecule has 1 amide bonds. The minimum atomic E-state index is -4.44. The second-order valence-corrected chi connectivity index (χ2v) is 7.41. The van der Waals surface area contributed by atoms with Crippen LogP contribution in [0.2, 0.25) is 0 Å². The summed E-state index contributed by atoms with van der Waals surface area (Å²) in [6.07, 6.45) is -2.35. The number of aromatic amines is 1. The number of benzene rings is 1. The maximum absolute atomic E-state index is 13.0. The Morgan fingerprint density at radius 1 is 1.34 bits per heavy atom. The smallest absolute Gasteiger partial charge is 0.336 e. The van der Waals surface area contributed by atoms with Crippen molar-refractivity contribution < 1.29 is 18.0 Å². The molecule has 158 valence electrons. The Bertz CT molecular complexity index is 928. The topological polar surface area (TPSA) is 66.1 Å². The Balaban J connectivity index is 2.16. The molecule has 0 fully saturated rings. The third-order valence-electron chi connectivity index (χ3n) is 4.81. The Morgan fingerprint density at radius 3 is 2.59 bits per heavy atom. The molecule has 9 heteroatoms. The molecule has 0 saturated carbocycles. The molecule has 1 heterocycles. The van der Waals surface area contributed by atoms with Crippen molar-refractivity contribution >= 4 is 17.7 Å². The number of aryl methyl sites for hydroxylation is 1. The molecule has 0 radical (unpaired) electrons. The van der Waals surface area contributed by atoms with E-state index in [9.17, 15) is 22.8 Å². The fourth-order valence-electron chi connectivity index (χ4n) is 3.17. The number of halogens is 3. The maximum atomic E-state index is 13.0. The van der Waals surface area contributed by atoms with Crippen LogP contribution in [0.3, 0.4) is 0 Å². The lowest BCUT2D eigenvalue weighted by Gasteiger charge is -2.29. The van der Waals surface area contributed by atoms with Crippen molar-refractivity contribution in [2.24, 2.45) is 0 Å². The Kier molecular flexibility index (Phi) is 7.51. The predicted molar refractivity (Wildman–Crippen MR) is 107 cm³/mol. The first-order valence-corrected chi connectivity index (χ1v) is 10.4. The van der Waals surface area contributed by atoms with Crippen molar-refractivity contribution in [3.05, 3.63) is 57.0 Å². The van der Waals surface area contributed by atoms with E-state index in [2.05, 4.69) is 9.97 Å². The van der Waals surface area contributed by atoms with Crippen LogP contribution in [0.25, 0.3) is 0 Å². The number of alkyl halides is 3. The third kappa shape index (κ3) is 5.62. The summed E-state index contributed by atoms with van der Waals surface area (Å²) in [5.74, 6) is -0.231. The fraction of sp³-hybridized carbons (Fsp3) is 0.450. The van der Waals surface area contributed by atoms with Gasteiger partial charge in [0.1, 0.15) is 0 Å². The van der Waals surface area contributed by atoms with Crippen LogP contribution in [0.1, 0.15) is 48.7 Å². The molecule has 2 aromatic rings. The van der Waals surface area contributed by atoms with Gasteiger partial charge in [0.15, 0.2) is 5.16 Å². The van der Waals surface area contributed by atoms with Gasteiger partial charge in [-0.1, -0.05) is 23.9 Å². The quantitative estimate of drug-likeness (QED) is 0.527. The molecule has 0 aliphatic rings. The molecule has 1 N–H and O–H groups in total. The summed E-state index contributed by atoms with van der Waals surface area (Å²) < 4.78 is 39.0. The number of hydrogen-bond donors (Lipinski definition) is 1. The Hall–Kier alpha value is -2.29. The van der Waals surface area contributed by atoms with E-state index >= 15 is 0 Å². The number of thioether (sulfide) groups is 1. The highest BCUT2D eigenvalue weighted by Crippen LogP contribution is 2.32. The number of nitrogens with zero attached hydrogens (tertiary/aromatic N) is 2. The monoisotopic (exact) mass is 427 g/mol. The van der Waals surface area contributed by atoms with Gasteiger partial charge in [0, 0.05) is 24.2 Å². The van der Waals surface area contributed by atoms with E-state index in [1.807, 2.05) is 0 Å². The fourth-order valence-corrected chi connectivity index (χ4v) is 3.60. The average molecular weight is 427 g/mol. The van der Waals surface area contributed by atoms with Gasteiger partial charge in [-0.05, 0) is 51.1 Å². The van der Waals surface area contributed by atoms with Crippen LogP contribution in [0.4, 0.5) is 13.2 Å². The van der Waals surface area contributed by atoms with Crippen LogP contribution in [-0.2, 0) is 17.4 Å². The van der Waals surface area contributed by atoms with E-state index in [0.29, 0.717) is 28.5 Å². The zero-order chi connectivity index (χ0) is 21.8. The summed E-state index contributed by atoms with van der Waals surface area (Å²) in [4.78, 5) is 33.4. The van der Waals surface area contributed by atoms with Gasteiger partial charge < -0.3 is 9.88 Å². The van der Waals surface area contributed by atoms with Crippen molar-refractivity contribution in [2.75, 3.05) is 12.8 Å².